The van der Waals surface area contributed by atoms with Gasteiger partial charge in [-0.1, -0.05) is 18.2 Å². The van der Waals surface area contributed by atoms with Crippen LogP contribution in [0, 0.1) is 20.8 Å². The van der Waals surface area contributed by atoms with E-state index in [0.717, 1.165) is 22.6 Å². The smallest absolute Gasteiger partial charge is 0.193 e. The number of nitrogens with two attached hydrogens (primary N) is 1. The first-order valence-corrected chi connectivity index (χ1v) is 7.85. The normalized spacial score (nSPS) is 10.9. The van der Waals surface area contributed by atoms with Crippen molar-refractivity contribution in [2.45, 2.75) is 34.2 Å². The van der Waals surface area contributed by atoms with E-state index in [4.69, 9.17) is 10.5 Å². The Labute approximate surface area is 161 Å². The zero-order chi connectivity index (χ0) is 16.8. The molecule has 0 spiro atoms. The van der Waals surface area contributed by atoms with Gasteiger partial charge < -0.3 is 15.8 Å². The van der Waals surface area contributed by atoms with Crippen molar-refractivity contribution >= 4 is 35.6 Å². The Balaban J connectivity index is 0.00000288. The quantitative estimate of drug-likeness (QED) is 0.408. The predicted octanol–water partition coefficient (Wildman–Crippen LogP) is 4.56. The number of nitrogens with zero attached hydrogens (tertiary/aromatic N) is 1. The van der Waals surface area contributed by atoms with E-state index in [0.29, 0.717) is 19.1 Å². The third-order valence-corrected chi connectivity index (χ3v) is 3.47. The zero-order valence-electron chi connectivity index (χ0n) is 14.7. The number of aliphatic imine (C=N–C) groups is 1. The Bertz CT molecular complexity index is 694. The molecule has 0 bridgehead atoms. The summed E-state index contributed by atoms with van der Waals surface area (Å²) in [5, 5.41) is 3.14. The van der Waals surface area contributed by atoms with Gasteiger partial charge in [0.05, 0.1) is 13.2 Å². The van der Waals surface area contributed by atoms with Crippen molar-refractivity contribution in [1.82, 2.24) is 0 Å². The van der Waals surface area contributed by atoms with Crippen LogP contribution in [0.3, 0.4) is 0 Å². The molecule has 5 heteroatoms. The van der Waals surface area contributed by atoms with Crippen LogP contribution >= 0.6 is 24.0 Å². The van der Waals surface area contributed by atoms with Gasteiger partial charge in [-0.2, -0.15) is 0 Å². The Morgan fingerprint density at radius 1 is 1.08 bits per heavy atom. The molecule has 0 amide bonds. The summed E-state index contributed by atoms with van der Waals surface area (Å²) in [6.07, 6.45) is 0. The first-order valence-electron chi connectivity index (χ1n) is 7.85. The molecule has 0 atom stereocenters. The first-order chi connectivity index (χ1) is 11.0. The standard InChI is InChI=1S/C19H25N3O.HI/c1-5-23-18-7-6-16(11-15(18)4)12-21-19(20)22-17-9-13(2)8-14(3)10-17;/h6-11H,5,12H2,1-4H3,(H3,20,21,22);1H. The van der Waals surface area contributed by atoms with Gasteiger partial charge in [-0.05, 0) is 68.1 Å². The monoisotopic (exact) mass is 439 g/mol. The second kappa shape index (κ2) is 9.52. The summed E-state index contributed by atoms with van der Waals surface area (Å²) >= 11 is 0. The molecular weight excluding hydrogens is 413 g/mol. The molecule has 3 N–H and O–H groups in total. The van der Waals surface area contributed by atoms with Crippen LogP contribution < -0.4 is 15.8 Å². The summed E-state index contributed by atoms with van der Waals surface area (Å²) < 4.78 is 5.55. The number of hydrogen-bond acceptors (Lipinski definition) is 2. The van der Waals surface area contributed by atoms with Crippen LogP contribution in [-0.4, -0.2) is 12.6 Å². The largest absolute Gasteiger partial charge is 0.494 e. The van der Waals surface area contributed by atoms with Gasteiger partial charge >= 0.3 is 0 Å². The van der Waals surface area contributed by atoms with E-state index in [1.165, 1.54) is 11.1 Å². The van der Waals surface area contributed by atoms with Crippen molar-refractivity contribution in [2.24, 2.45) is 10.7 Å². The summed E-state index contributed by atoms with van der Waals surface area (Å²) in [5.41, 5.74) is 11.6. The van der Waals surface area contributed by atoms with E-state index < -0.39 is 0 Å². The molecular formula is C19H26IN3O. The van der Waals surface area contributed by atoms with Crippen LogP contribution in [0.15, 0.2) is 41.4 Å². The fourth-order valence-corrected chi connectivity index (χ4v) is 2.54. The van der Waals surface area contributed by atoms with Gasteiger partial charge in [-0.25, -0.2) is 4.99 Å². The minimum absolute atomic E-state index is 0. The van der Waals surface area contributed by atoms with Crippen LogP contribution in [0.5, 0.6) is 5.75 Å². The summed E-state index contributed by atoms with van der Waals surface area (Å²) in [6.45, 7) is 9.36. The molecule has 0 saturated carbocycles. The van der Waals surface area contributed by atoms with Crippen molar-refractivity contribution < 1.29 is 4.74 Å². The Hall–Kier alpha value is -1.76. The number of ether oxygens (including phenoxy) is 1. The molecule has 130 valence electrons. The summed E-state index contributed by atoms with van der Waals surface area (Å²) in [7, 11) is 0. The van der Waals surface area contributed by atoms with Crippen molar-refractivity contribution in [3.63, 3.8) is 0 Å². The first kappa shape index (κ1) is 20.3. The number of aryl methyl sites for hydroxylation is 3. The lowest BCUT2D eigenvalue weighted by Gasteiger charge is -2.09. The van der Waals surface area contributed by atoms with Crippen LogP contribution in [0.4, 0.5) is 5.69 Å². The van der Waals surface area contributed by atoms with E-state index in [-0.39, 0.29) is 24.0 Å². The fourth-order valence-electron chi connectivity index (χ4n) is 2.54. The number of halogens is 1. The number of hydrogen-bond donors (Lipinski definition) is 2. The minimum Gasteiger partial charge on any atom is -0.494 e. The van der Waals surface area contributed by atoms with Gasteiger partial charge in [0, 0.05) is 5.69 Å². The maximum Gasteiger partial charge on any atom is 0.193 e. The molecule has 0 aliphatic heterocycles. The van der Waals surface area contributed by atoms with Gasteiger partial charge in [0.2, 0.25) is 0 Å². The molecule has 0 unspecified atom stereocenters. The third kappa shape index (κ3) is 6.03. The minimum atomic E-state index is 0. The topological polar surface area (TPSA) is 59.6 Å². The Morgan fingerprint density at radius 2 is 1.75 bits per heavy atom. The van der Waals surface area contributed by atoms with Crippen molar-refractivity contribution in [3.8, 4) is 5.75 Å². The molecule has 4 nitrogen and oxygen atoms in total. The SMILES string of the molecule is CCOc1ccc(CN=C(N)Nc2cc(C)cc(C)c2)cc1C.I. The molecule has 2 aromatic rings. The van der Waals surface area contributed by atoms with Crippen molar-refractivity contribution in [1.29, 1.82) is 0 Å². The maximum atomic E-state index is 5.98. The highest BCUT2D eigenvalue weighted by atomic mass is 127. The summed E-state index contributed by atoms with van der Waals surface area (Å²) in [6, 6.07) is 12.3. The average Bonchev–Trinajstić information content (AvgIpc) is 2.47. The Kier molecular flexibility index (Phi) is 8.04. The fraction of sp³-hybridized carbons (Fsp3) is 0.316. The van der Waals surface area contributed by atoms with Gasteiger partial charge in [0.1, 0.15) is 5.75 Å². The van der Waals surface area contributed by atoms with E-state index in [9.17, 15) is 0 Å². The molecule has 24 heavy (non-hydrogen) atoms. The van der Waals surface area contributed by atoms with E-state index in [1.807, 2.05) is 26.0 Å². The third-order valence-electron chi connectivity index (χ3n) is 3.47. The molecule has 0 saturated heterocycles. The lowest BCUT2D eigenvalue weighted by Crippen LogP contribution is -2.22. The van der Waals surface area contributed by atoms with E-state index >= 15 is 0 Å². The molecule has 2 rings (SSSR count). The number of guanidine groups is 1. The molecule has 0 heterocycles. The van der Waals surface area contributed by atoms with E-state index in [1.54, 1.807) is 0 Å². The van der Waals surface area contributed by atoms with Crippen LogP contribution in [0.1, 0.15) is 29.2 Å². The second-order valence-electron chi connectivity index (χ2n) is 5.74. The number of rotatable bonds is 5. The van der Waals surface area contributed by atoms with Crippen molar-refractivity contribution in [2.75, 3.05) is 11.9 Å². The highest BCUT2D eigenvalue weighted by molar-refractivity contribution is 14.0. The predicted molar refractivity (Wildman–Crippen MR) is 113 cm³/mol. The highest BCUT2D eigenvalue weighted by Gasteiger charge is 2.01. The molecule has 0 fully saturated rings. The van der Waals surface area contributed by atoms with E-state index in [2.05, 4.69) is 48.4 Å². The van der Waals surface area contributed by atoms with Crippen molar-refractivity contribution in [3.05, 3.63) is 58.7 Å². The van der Waals surface area contributed by atoms with Gasteiger partial charge in [-0.15, -0.1) is 24.0 Å². The van der Waals surface area contributed by atoms with Crippen LogP contribution in [-0.2, 0) is 6.54 Å². The highest BCUT2D eigenvalue weighted by Crippen LogP contribution is 2.19. The van der Waals surface area contributed by atoms with Gasteiger partial charge in [0.15, 0.2) is 5.96 Å². The average molecular weight is 439 g/mol. The van der Waals surface area contributed by atoms with Crippen LogP contribution in [0.25, 0.3) is 0 Å². The lowest BCUT2D eigenvalue weighted by molar-refractivity contribution is 0.338. The van der Waals surface area contributed by atoms with Crippen LogP contribution in [0.2, 0.25) is 0 Å². The summed E-state index contributed by atoms with van der Waals surface area (Å²) in [4.78, 5) is 4.41. The molecule has 0 aliphatic rings. The molecule has 0 radical (unpaired) electrons. The number of nitrogens with one attached hydrogen (secondary N) is 1. The number of benzene rings is 2. The Morgan fingerprint density at radius 3 is 2.33 bits per heavy atom. The maximum absolute atomic E-state index is 5.98. The molecule has 2 aromatic carbocycles. The van der Waals surface area contributed by atoms with Gasteiger partial charge in [-0.3, -0.25) is 0 Å². The number of anilines is 1. The molecule has 0 aromatic heterocycles. The lowest BCUT2D eigenvalue weighted by atomic mass is 10.1. The second-order valence-corrected chi connectivity index (χ2v) is 5.74. The zero-order valence-corrected chi connectivity index (χ0v) is 17.0. The van der Waals surface area contributed by atoms with Gasteiger partial charge in [0.25, 0.3) is 0 Å². The molecule has 0 aliphatic carbocycles. The summed E-state index contributed by atoms with van der Waals surface area (Å²) in [5.74, 6) is 1.34.